The quantitative estimate of drug-likeness (QED) is 0.632. The second-order valence-electron chi connectivity index (χ2n) is 3.77. The lowest BCUT2D eigenvalue weighted by Crippen LogP contribution is -2.08. The van der Waals surface area contributed by atoms with Gasteiger partial charge in [0, 0.05) is 5.56 Å². The van der Waals surface area contributed by atoms with Crippen LogP contribution in [0.3, 0.4) is 0 Å². The van der Waals surface area contributed by atoms with E-state index >= 15 is 0 Å². The molecule has 0 aliphatic heterocycles. The first kappa shape index (κ1) is 12.4. The lowest BCUT2D eigenvalue weighted by Gasteiger charge is -2.10. The first-order valence-corrected chi connectivity index (χ1v) is 5.25. The SMILES string of the molecule is NNc1ccccc1-c1ccc(C(F)(F)F)cc1. The lowest BCUT2D eigenvalue weighted by molar-refractivity contribution is -0.137. The van der Waals surface area contributed by atoms with E-state index in [1.165, 1.54) is 12.1 Å². The van der Waals surface area contributed by atoms with Crippen molar-refractivity contribution in [3.05, 3.63) is 54.1 Å². The van der Waals surface area contributed by atoms with Crippen molar-refractivity contribution >= 4 is 5.69 Å². The molecular formula is C13H11F3N2. The minimum atomic E-state index is -4.32. The Bertz CT molecular complexity index is 533. The molecule has 0 aliphatic rings. The first-order valence-electron chi connectivity index (χ1n) is 5.25. The molecule has 0 spiro atoms. The highest BCUT2D eigenvalue weighted by molar-refractivity contribution is 5.77. The molecular weight excluding hydrogens is 241 g/mol. The van der Waals surface area contributed by atoms with Crippen LogP contribution in [0.15, 0.2) is 48.5 Å². The minimum absolute atomic E-state index is 0.663. The number of benzene rings is 2. The van der Waals surface area contributed by atoms with Crippen molar-refractivity contribution < 1.29 is 13.2 Å². The molecule has 0 amide bonds. The van der Waals surface area contributed by atoms with Crippen LogP contribution in [0.2, 0.25) is 0 Å². The average Bonchev–Trinajstić information content (AvgIpc) is 2.38. The highest BCUT2D eigenvalue weighted by Gasteiger charge is 2.29. The number of hydrazine groups is 1. The van der Waals surface area contributed by atoms with Crippen molar-refractivity contribution in [3.63, 3.8) is 0 Å². The predicted molar refractivity (Wildman–Crippen MR) is 64.7 cm³/mol. The van der Waals surface area contributed by atoms with Gasteiger partial charge in [-0.1, -0.05) is 30.3 Å². The number of alkyl halides is 3. The van der Waals surface area contributed by atoms with Crippen LogP contribution >= 0.6 is 0 Å². The number of hydrogen-bond donors (Lipinski definition) is 2. The number of rotatable bonds is 2. The molecule has 3 N–H and O–H groups in total. The molecule has 2 rings (SSSR count). The Kier molecular flexibility index (Phi) is 3.25. The van der Waals surface area contributed by atoms with Crippen molar-refractivity contribution in [1.29, 1.82) is 0 Å². The molecule has 94 valence electrons. The summed E-state index contributed by atoms with van der Waals surface area (Å²) in [6.45, 7) is 0. The summed E-state index contributed by atoms with van der Waals surface area (Å²) in [5.74, 6) is 5.36. The Morgan fingerprint density at radius 1 is 0.889 bits per heavy atom. The second kappa shape index (κ2) is 4.70. The molecule has 0 aromatic heterocycles. The topological polar surface area (TPSA) is 38.0 Å². The number of anilines is 1. The number of halogens is 3. The summed E-state index contributed by atoms with van der Waals surface area (Å²) in [6, 6.07) is 12.1. The molecule has 0 atom stereocenters. The van der Waals surface area contributed by atoms with Gasteiger partial charge in [-0.05, 0) is 23.8 Å². The Balaban J connectivity index is 2.41. The molecule has 0 radical (unpaired) electrons. The standard InChI is InChI=1S/C13H11F3N2/c14-13(15,16)10-7-5-9(6-8-10)11-3-1-2-4-12(11)18-17/h1-8,18H,17H2. The van der Waals surface area contributed by atoms with Crippen LogP contribution in [0.4, 0.5) is 18.9 Å². The van der Waals surface area contributed by atoms with E-state index in [4.69, 9.17) is 5.84 Å². The van der Waals surface area contributed by atoms with E-state index in [1.807, 2.05) is 0 Å². The van der Waals surface area contributed by atoms with E-state index in [-0.39, 0.29) is 0 Å². The lowest BCUT2D eigenvalue weighted by atomic mass is 10.0. The average molecular weight is 252 g/mol. The molecule has 0 saturated carbocycles. The maximum Gasteiger partial charge on any atom is 0.416 e. The van der Waals surface area contributed by atoms with Crippen molar-refractivity contribution in [3.8, 4) is 11.1 Å². The van der Waals surface area contributed by atoms with E-state index in [0.29, 0.717) is 11.3 Å². The van der Waals surface area contributed by atoms with Gasteiger partial charge in [-0.2, -0.15) is 13.2 Å². The van der Waals surface area contributed by atoms with E-state index in [1.54, 1.807) is 24.3 Å². The summed E-state index contributed by atoms with van der Waals surface area (Å²) in [5.41, 5.74) is 3.95. The summed E-state index contributed by atoms with van der Waals surface area (Å²) in [6.07, 6.45) is -4.32. The third kappa shape index (κ3) is 2.46. The van der Waals surface area contributed by atoms with E-state index < -0.39 is 11.7 Å². The van der Waals surface area contributed by atoms with Crippen molar-refractivity contribution in [1.82, 2.24) is 0 Å². The van der Waals surface area contributed by atoms with Crippen LogP contribution in [-0.2, 0) is 6.18 Å². The second-order valence-corrected chi connectivity index (χ2v) is 3.77. The van der Waals surface area contributed by atoms with Crippen LogP contribution in [0, 0.1) is 0 Å². The molecule has 2 aromatic rings. The molecule has 18 heavy (non-hydrogen) atoms. The smallest absolute Gasteiger partial charge is 0.324 e. The molecule has 0 unspecified atom stereocenters. The Morgan fingerprint density at radius 2 is 1.50 bits per heavy atom. The van der Waals surface area contributed by atoms with Crippen LogP contribution < -0.4 is 11.3 Å². The third-order valence-electron chi connectivity index (χ3n) is 2.61. The van der Waals surface area contributed by atoms with Gasteiger partial charge in [-0.15, -0.1) is 0 Å². The van der Waals surface area contributed by atoms with Gasteiger partial charge < -0.3 is 5.43 Å². The number of nitrogen functional groups attached to an aromatic ring is 1. The fourth-order valence-corrected chi connectivity index (χ4v) is 1.70. The molecule has 0 aliphatic carbocycles. The van der Waals surface area contributed by atoms with Crippen LogP contribution in [0.1, 0.15) is 5.56 Å². The molecule has 0 saturated heterocycles. The maximum atomic E-state index is 12.4. The maximum absolute atomic E-state index is 12.4. The van der Waals surface area contributed by atoms with Gasteiger partial charge in [0.2, 0.25) is 0 Å². The van der Waals surface area contributed by atoms with Gasteiger partial charge in [0.05, 0.1) is 11.3 Å². The fraction of sp³-hybridized carbons (Fsp3) is 0.0769. The monoisotopic (exact) mass is 252 g/mol. The van der Waals surface area contributed by atoms with Crippen molar-refractivity contribution in [2.75, 3.05) is 5.43 Å². The Labute approximate surface area is 102 Å². The largest absolute Gasteiger partial charge is 0.416 e. The molecule has 5 heteroatoms. The zero-order valence-corrected chi connectivity index (χ0v) is 9.33. The summed E-state index contributed by atoms with van der Waals surface area (Å²) >= 11 is 0. The zero-order chi connectivity index (χ0) is 13.2. The fourth-order valence-electron chi connectivity index (χ4n) is 1.70. The number of nitrogens with one attached hydrogen (secondary N) is 1. The van der Waals surface area contributed by atoms with E-state index in [0.717, 1.165) is 17.7 Å². The third-order valence-corrected chi connectivity index (χ3v) is 2.61. The highest BCUT2D eigenvalue weighted by Crippen LogP contribution is 2.32. The number of para-hydroxylation sites is 1. The van der Waals surface area contributed by atoms with Gasteiger partial charge in [-0.25, -0.2) is 0 Å². The molecule has 0 bridgehead atoms. The summed E-state index contributed by atoms with van der Waals surface area (Å²) in [4.78, 5) is 0. The van der Waals surface area contributed by atoms with Gasteiger partial charge in [0.25, 0.3) is 0 Å². The minimum Gasteiger partial charge on any atom is -0.324 e. The van der Waals surface area contributed by atoms with Gasteiger partial charge >= 0.3 is 6.18 Å². The Hall–Kier alpha value is -2.01. The molecule has 2 aromatic carbocycles. The van der Waals surface area contributed by atoms with Crippen LogP contribution in [0.5, 0.6) is 0 Å². The summed E-state index contributed by atoms with van der Waals surface area (Å²) in [7, 11) is 0. The Morgan fingerprint density at radius 3 is 2.06 bits per heavy atom. The molecule has 0 fully saturated rings. The first-order chi connectivity index (χ1) is 8.52. The van der Waals surface area contributed by atoms with Crippen molar-refractivity contribution in [2.24, 2.45) is 5.84 Å². The summed E-state index contributed by atoms with van der Waals surface area (Å²) in [5, 5.41) is 0. The normalized spacial score (nSPS) is 11.3. The molecule has 2 nitrogen and oxygen atoms in total. The number of hydrogen-bond acceptors (Lipinski definition) is 2. The van der Waals surface area contributed by atoms with Crippen LogP contribution in [-0.4, -0.2) is 0 Å². The van der Waals surface area contributed by atoms with Crippen molar-refractivity contribution in [2.45, 2.75) is 6.18 Å². The van der Waals surface area contributed by atoms with Gasteiger partial charge in [0.15, 0.2) is 0 Å². The van der Waals surface area contributed by atoms with E-state index in [2.05, 4.69) is 5.43 Å². The van der Waals surface area contributed by atoms with E-state index in [9.17, 15) is 13.2 Å². The zero-order valence-electron chi connectivity index (χ0n) is 9.33. The number of nitrogens with two attached hydrogens (primary N) is 1. The summed E-state index contributed by atoms with van der Waals surface area (Å²) < 4.78 is 37.3. The van der Waals surface area contributed by atoms with Gasteiger partial charge in [-0.3, -0.25) is 5.84 Å². The van der Waals surface area contributed by atoms with Crippen LogP contribution in [0.25, 0.3) is 11.1 Å². The highest BCUT2D eigenvalue weighted by atomic mass is 19.4. The predicted octanol–water partition coefficient (Wildman–Crippen LogP) is 3.66. The molecule has 0 heterocycles. The van der Waals surface area contributed by atoms with Gasteiger partial charge in [0.1, 0.15) is 0 Å².